The maximum atomic E-state index is 10.7. The zero-order valence-electron chi connectivity index (χ0n) is 7.42. The van der Waals surface area contributed by atoms with Gasteiger partial charge in [-0.3, -0.25) is 0 Å². The lowest BCUT2D eigenvalue weighted by Crippen LogP contribution is -2.18. The number of nitrogens with one attached hydrogen (secondary N) is 1. The third-order valence-corrected chi connectivity index (χ3v) is 2.51. The molecule has 1 atom stereocenters. The van der Waals surface area contributed by atoms with Gasteiger partial charge < -0.3 is 5.32 Å². The fourth-order valence-corrected chi connectivity index (χ4v) is 1.70. The first kappa shape index (κ1) is 10.9. The third kappa shape index (κ3) is 7.81. The largest absolute Gasteiger partial charge is 0.319 e. The second kappa shape index (κ2) is 4.72. The van der Waals surface area contributed by atoms with Crippen molar-refractivity contribution in [1.29, 1.82) is 0 Å². The summed E-state index contributed by atoms with van der Waals surface area (Å²) in [6, 6.07) is 0. The van der Waals surface area contributed by atoms with Gasteiger partial charge in [-0.1, -0.05) is 6.92 Å². The molecule has 0 radical (unpaired) electrons. The van der Waals surface area contributed by atoms with Crippen LogP contribution < -0.4 is 5.32 Å². The van der Waals surface area contributed by atoms with Crippen molar-refractivity contribution in [1.82, 2.24) is 5.32 Å². The maximum absolute atomic E-state index is 10.7. The summed E-state index contributed by atoms with van der Waals surface area (Å²) >= 11 is 0. The first-order chi connectivity index (χ1) is 4.95. The quantitative estimate of drug-likeness (QED) is 0.659. The second-order valence-electron chi connectivity index (χ2n) is 3.08. The average molecular weight is 179 g/mol. The molecule has 11 heavy (non-hydrogen) atoms. The minimum atomic E-state index is -2.77. The zero-order chi connectivity index (χ0) is 8.91. The summed E-state index contributed by atoms with van der Waals surface area (Å²) in [7, 11) is -0.893. The Labute approximate surface area is 69.1 Å². The molecule has 0 rings (SSSR count). The van der Waals surface area contributed by atoms with Crippen LogP contribution in [0.5, 0.6) is 0 Å². The minimum absolute atomic E-state index is 0.301. The number of hydrogen-bond acceptors (Lipinski definition) is 3. The van der Waals surface area contributed by atoms with Gasteiger partial charge in [-0.15, -0.1) is 0 Å². The molecule has 0 saturated heterocycles. The molecule has 1 N–H and O–H groups in total. The van der Waals surface area contributed by atoms with Crippen LogP contribution in [-0.2, 0) is 9.84 Å². The Balaban J connectivity index is 3.54. The van der Waals surface area contributed by atoms with Crippen LogP contribution in [0.2, 0.25) is 0 Å². The third-order valence-electron chi connectivity index (χ3n) is 1.53. The normalized spacial score (nSPS) is 14.8. The molecule has 0 saturated carbocycles. The van der Waals surface area contributed by atoms with Gasteiger partial charge in [-0.2, -0.15) is 0 Å². The molecule has 0 amide bonds. The molecule has 0 heterocycles. The van der Waals surface area contributed by atoms with Crippen molar-refractivity contribution in [3.8, 4) is 0 Å². The molecule has 0 aliphatic carbocycles. The summed E-state index contributed by atoms with van der Waals surface area (Å²) in [5.41, 5.74) is 0. The summed E-state index contributed by atoms with van der Waals surface area (Å²) in [5, 5.41) is 3.01. The summed E-state index contributed by atoms with van der Waals surface area (Å²) < 4.78 is 21.4. The van der Waals surface area contributed by atoms with E-state index in [2.05, 4.69) is 5.32 Å². The molecule has 0 aromatic rings. The fourth-order valence-electron chi connectivity index (χ4n) is 0.866. The van der Waals surface area contributed by atoms with Crippen LogP contribution in [0.1, 0.15) is 13.3 Å². The number of rotatable bonds is 5. The standard InChI is InChI=1S/C7H17NO2S/c1-7(6-8-2)4-5-11(3,9)10/h7-8H,4-6H2,1-3H3. The molecular weight excluding hydrogens is 162 g/mol. The van der Waals surface area contributed by atoms with Crippen LogP contribution in [0.4, 0.5) is 0 Å². The molecule has 0 bridgehead atoms. The van der Waals surface area contributed by atoms with Gasteiger partial charge in [0.25, 0.3) is 0 Å². The first-order valence-corrected chi connectivity index (χ1v) is 5.84. The van der Waals surface area contributed by atoms with Crippen molar-refractivity contribution in [3.63, 3.8) is 0 Å². The Morgan fingerprint density at radius 2 is 2.00 bits per heavy atom. The highest BCUT2D eigenvalue weighted by Gasteiger charge is 2.06. The molecule has 3 nitrogen and oxygen atoms in total. The van der Waals surface area contributed by atoms with Crippen LogP contribution >= 0.6 is 0 Å². The molecule has 1 unspecified atom stereocenters. The van der Waals surface area contributed by atoms with Crippen molar-refractivity contribution < 1.29 is 8.42 Å². The number of hydrogen-bond donors (Lipinski definition) is 1. The van der Waals surface area contributed by atoms with Gasteiger partial charge in [-0.05, 0) is 25.9 Å². The van der Waals surface area contributed by atoms with Crippen LogP contribution in [0, 0.1) is 5.92 Å². The lowest BCUT2D eigenvalue weighted by molar-refractivity contribution is 0.521. The van der Waals surface area contributed by atoms with E-state index in [0.29, 0.717) is 11.7 Å². The second-order valence-corrected chi connectivity index (χ2v) is 5.34. The molecule has 0 aromatic carbocycles. The Morgan fingerprint density at radius 3 is 2.36 bits per heavy atom. The molecule has 0 fully saturated rings. The molecule has 68 valence electrons. The SMILES string of the molecule is CNCC(C)CCS(C)(=O)=O. The summed E-state index contributed by atoms with van der Waals surface area (Å²) in [6.07, 6.45) is 2.03. The summed E-state index contributed by atoms with van der Waals surface area (Å²) in [5.74, 6) is 0.741. The number of sulfone groups is 1. The minimum Gasteiger partial charge on any atom is -0.319 e. The fraction of sp³-hybridized carbons (Fsp3) is 1.00. The highest BCUT2D eigenvalue weighted by Crippen LogP contribution is 2.01. The van der Waals surface area contributed by atoms with Crippen molar-refractivity contribution in [2.45, 2.75) is 13.3 Å². The lowest BCUT2D eigenvalue weighted by atomic mass is 10.1. The van der Waals surface area contributed by atoms with Gasteiger partial charge >= 0.3 is 0 Å². The Bertz CT molecular complexity index is 187. The van der Waals surface area contributed by atoms with E-state index in [1.54, 1.807) is 0 Å². The predicted octanol–water partition coefficient (Wildman–Crippen LogP) is 0.277. The predicted molar refractivity (Wildman–Crippen MR) is 47.4 cm³/mol. The van der Waals surface area contributed by atoms with E-state index in [0.717, 1.165) is 13.0 Å². The smallest absolute Gasteiger partial charge is 0.147 e. The summed E-state index contributed by atoms with van der Waals surface area (Å²) in [6.45, 7) is 2.93. The highest BCUT2D eigenvalue weighted by molar-refractivity contribution is 7.90. The van der Waals surface area contributed by atoms with Gasteiger partial charge in [0.05, 0.1) is 5.75 Å². The van der Waals surface area contributed by atoms with Gasteiger partial charge in [-0.25, -0.2) is 8.42 Å². The van der Waals surface area contributed by atoms with Crippen molar-refractivity contribution in [2.24, 2.45) is 5.92 Å². The van der Waals surface area contributed by atoms with E-state index in [9.17, 15) is 8.42 Å². The zero-order valence-corrected chi connectivity index (χ0v) is 8.24. The van der Waals surface area contributed by atoms with Crippen molar-refractivity contribution >= 4 is 9.84 Å². The Kier molecular flexibility index (Phi) is 4.68. The van der Waals surface area contributed by atoms with E-state index in [-0.39, 0.29) is 0 Å². The van der Waals surface area contributed by atoms with Crippen LogP contribution in [0.15, 0.2) is 0 Å². The van der Waals surface area contributed by atoms with Gasteiger partial charge in [0, 0.05) is 6.26 Å². The van der Waals surface area contributed by atoms with E-state index in [1.165, 1.54) is 6.26 Å². The van der Waals surface area contributed by atoms with E-state index < -0.39 is 9.84 Å². The van der Waals surface area contributed by atoms with Crippen LogP contribution in [-0.4, -0.2) is 34.0 Å². The van der Waals surface area contributed by atoms with E-state index >= 15 is 0 Å². The average Bonchev–Trinajstić information content (AvgIpc) is 1.83. The Hall–Kier alpha value is -0.0900. The molecule has 4 heteroatoms. The van der Waals surface area contributed by atoms with Gasteiger partial charge in [0.1, 0.15) is 9.84 Å². The van der Waals surface area contributed by atoms with Gasteiger partial charge in [0.15, 0.2) is 0 Å². The van der Waals surface area contributed by atoms with E-state index in [4.69, 9.17) is 0 Å². The molecule has 0 aliphatic heterocycles. The monoisotopic (exact) mass is 179 g/mol. The maximum Gasteiger partial charge on any atom is 0.147 e. The summed E-state index contributed by atoms with van der Waals surface area (Å²) in [4.78, 5) is 0. The topological polar surface area (TPSA) is 46.2 Å². The highest BCUT2D eigenvalue weighted by atomic mass is 32.2. The Morgan fingerprint density at radius 1 is 1.45 bits per heavy atom. The van der Waals surface area contributed by atoms with Crippen molar-refractivity contribution in [3.05, 3.63) is 0 Å². The lowest BCUT2D eigenvalue weighted by Gasteiger charge is -2.08. The van der Waals surface area contributed by atoms with Crippen LogP contribution in [0.3, 0.4) is 0 Å². The first-order valence-electron chi connectivity index (χ1n) is 3.78. The van der Waals surface area contributed by atoms with Crippen LogP contribution in [0.25, 0.3) is 0 Å². The van der Waals surface area contributed by atoms with Crippen molar-refractivity contribution in [2.75, 3.05) is 25.6 Å². The molecular formula is C7H17NO2S. The van der Waals surface area contributed by atoms with Gasteiger partial charge in [0.2, 0.25) is 0 Å². The van der Waals surface area contributed by atoms with E-state index in [1.807, 2.05) is 14.0 Å². The molecule has 0 spiro atoms. The molecule has 0 aliphatic rings. The molecule has 0 aromatic heterocycles.